The maximum Gasteiger partial charge on any atom is 0.258 e. The van der Waals surface area contributed by atoms with Gasteiger partial charge in [-0.05, 0) is 113 Å². The average molecular weight is 498 g/mol. The molecule has 0 spiro atoms. The third kappa shape index (κ3) is 5.62. The number of hydrogen-bond acceptors (Lipinski definition) is 5. The average Bonchev–Trinajstić information content (AvgIpc) is 3.31. The van der Waals surface area contributed by atoms with Crippen LogP contribution in [0.15, 0.2) is 6.20 Å². The van der Waals surface area contributed by atoms with Crippen LogP contribution in [0, 0.1) is 35.5 Å². The number of hydrogen-bond donors (Lipinski definition) is 3. The van der Waals surface area contributed by atoms with Gasteiger partial charge in [-0.3, -0.25) is 4.79 Å². The van der Waals surface area contributed by atoms with Crippen molar-refractivity contribution in [1.29, 1.82) is 0 Å². The number of amides is 1. The molecule has 6 aliphatic rings. The Bertz CT molecular complexity index is 845. The van der Waals surface area contributed by atoms with Crippen LogP contribution in [0.25, 0.3) is 0 Å². The number of nitrogens with zero attached hydrogens (tertiary/aromatic N) is 2. The number of aromatic nitrogens is 2. The smallest absolute Gasteiger partial charge is 0.258 e. The number of ether oxygens (including phenoxy) is 1. The highest BCUT2D eigenvalue weighted by molar-refractivity contribution is 5.96. The zero-order valence-corrected chi connectivity index (χ0v) is 22.1. The second-order valence-electron chi connectivity index (χ2n) is 12.7. The molecule has 2 heterocycles. The van der Waals surface area contributed by atoms with E-state index in [4.69, 9.17) is 4.74 Å². The van der Waals surface area contributed by atoms with Crippen molar-refractivity contribution in [2.75, 3.05) is 32.8 Å². The van der Waals surface area contributed by atoms with Gasteiger partial charge in [0.15, 0.2) is 0 Å². The summed E-state index contributed by atoms with van der Waals surface area (Å²) in [6.07, 6.45) is 17.4. The van der Waals surface area contributed by atoms with E-state index < -0.39 is 0 Å². The van der Waals surface area contributed by atoms with Crippen LogP contribution in [0.2, 0.25) is 0 Å². The van der Waals surface area contributed by atoms with Crippen molar-refractivity contribution < 1.29 is 9.53 Å². The van der Waals surface area contributed by atoms with Crippen LogP contribution in [0.4, 0.5) is 0 Å². The molecule has 1 amide bonds. The van der Waals surface area contributed by atoms with Gasteiger partial charge in [0.1, 0.15) is 5.56 Å². The highest BCUT2D eigenvalue weighted by atomic mass is 16.5. The van der Waals surface area contributed by atoms with E-state index in [-0.39, 0.29) is 5.91 Å². The Morgan fingerprint density at radius 3 is 2.42 bits per heavy atom. The Morgan fingerprint density at radius 2 is 1.69 bits per heavy atom. The molecule has 7 nitrogen and oxygen atoms in total. The highest BCUT2D eigenvalue weighted by Crippen LogP contribution is 2.53. The van der Waals surface area contributed by atoms with Crippen molar-refractivity contribution in [2.45, 2.75) is 89.6 Å². The van der Waals surface area contributed by atoms with Crippen LogP contribution in [0.5, 0.6) is 5.88 Å². The summed E-state index contributed by atoms with van der Waals surface area (Å²) in [6.45, 7) is 5.60. The SMILES string of the molecule is O=C(NC1C2CC3CC(C2)CC1C3)c1cnn(CCNCC2CCNCC2)c1OCC1CCCCC1. The molecule has 0 unspecified atom stereocenters. The molecular formula is C29H47N5O2. The maximum absolute atomic E-state index is 13.6. The first kappa shape index (κ1) is 24.7. The topological polar surface area (TPSA) is 80.2 Å². The fourth-order valence-electron chi connectivity index (χ4n) is 8.36. The normalized spacial score (nSPS) is 32.6. The van der Waals surface area contributed by atoms with Crippen LogP contribution >= 0.6 is 0 Å². The van der Waals surface area contributed by atoms with Crippen LogP contribution in [0.3, 0.4) is 0 Å². The number of carbonyl (C=O) groups is 1. The predicted octanol–water partition coefficient (Wildman–Crippen LogP) is 3.99. The van der Waals surface area contributed by atoms with Gasteiger partial charge in [-0.15, -0.1) is 0 Å². The van der Waals surface area contributed by atoms with E-state index in [1.54, 1.807) is 6.20 Å². The van der Waals surface area contributed by atoms with Crippen molar-refractivity contribution in [3.05, 3.63) is 11.8 Å². The predicted molar refractivity (Wildman–Crippen MR) is 141 cm³/mol. The summed E-state index contributed by atoms with van der Waals surface area (Å²) >= 11 is 0. The molecule has 5 aliphatic carbocycles. The first-order valence-corrected chi connectivity index (χ1v) is 15.1. The number of piperidine rings is 1. The molecule has 0 atom stereocenters. The standard InChI is InChI=1S/C29H47N5O2/c35-28(33-27-24-13-22-12-23(15-24)16-25(27)14-22)26-18-32-34(11-10-31-17-20-6-8-30-9-7-20)29(26)36-19-21-4-2-1-3-5-21/h18,20-25,27,30-31H,1-17,19H2,(H,33,35). The Labute approximate surface area is 216 Å². The second-order valence-corrected chi connectivity index (χ2v) is 12.7. The summed E-state index contributed by atoms with van der Waals surface area (Å²) in [4.78, 5) is 13.6. The van der Waals surface area contributed by atoms with Gasteiger partial charge in [-0.25, -0.2) is 4.68 Å². The van der Waals surface area contributed by atoms with E-state index in [2.05, 4.69) is 21.0 Å². The Kier molecular flexibility index (Phi) is 7.84. The zero-order chi connectivity index (χ0) is 24.3. The first-order chi connectivity index (χ1) is 17.7. The zero-order valence-electron chi connectivity index (χ0n) is 22.1. The minimum absolute atomic E-state index is 0.0278. The Hall–Kier alpha value is -1.60. The fourth-order valence-corrected chi connectivity index (χ4v) is 8.36. The first-order valence-electron chi connectivity index (χ1n) is 15.1. The van der Waals surface area contributed by atoms with Crippen molar-refractivity contribution in [2.24, 2.45) is 35.5 Å². The molecule has 6 fully saturated rings. The lowest BCUT2D eigenvalue weighted by molar-refractivity contribution is -0.0120. The number of carbonyl (C=O) groups excluding carboxylic acids is 1. The molecule has 7 rings (SSSR count). The minimum Gasteiger partial charge on any atom is -0.477 e. The molecule has 200 valence electrons. The summed E-state index contributed by atoms with van der Waals surface area (Å²) in [5, 5.41) is 15.2. The highest BCUT2D eigenvalue weighted by Gasteiger charge is 2.48. The summed E-state index contributed by atoms with van der Waals surface area (Å²) in [6, 6.07) is 0.339. The lowest BCUT2D eigenvalue weighted by Crippen LogP contribution is -2.55. The van der Waals surface area contributed by atoms with E-state index in [1.807, 2.05) is 4.68 Å². The minimum atomic E-state index is 0.0278. The summed E-state index contributed by atoms with van der Waals surface area (Å²) < 4.78 is 8.36. The van der Waals surface area contributed by atoms with E-state index in [9.17, 15) is 4.79 Å². The number of rotatable bonds is 10. The lowest BCUT2D eigenvalue weighted by Gasteiger charge is -2.54. The molecule has 0 radical (unpaired) electrons. The molecule has 1 aromatic rings. The van der Waals surface area contributed by atoms with Gasteiger partial charge in [0, 0.05) is 12.6 Å². The van der Waals surface area contributed by atoms with Gasteiger partial charge in [-0.1, -0.05) is 19.3 Å². The monoisotopic (exact) mass is 497 g/mol. The van der Waals surface area contributed by atoms with Gasteiger partial charge in [0.25, 0.3) is 5.91 Å². The molecule has 1 aliphatic heterocycles. The van der Waals surface area contributed by atoms with Gasteiger partial charge >= 0.3 is 0 Å². The maximum atomic E-state index is 13.6. The van der Waals surface area contributed by atoms with Gasteiger partial charge in [0.2, 0.25) is 5.88 Å². The van der Waals surface area contributed by atoms with E-state index in [0.717, 1.165) is 50.5 Å². The van der Waals surface area contributed by atoms with E-state index >= 15 is 0 Å². The van der Waals surface area contributed by atoms with Gasteiger partial charge in [0.05, 0.1) is 19.3 Å². The quantitative estimate of drug-likeness (QED) is 0.426. The number of nitrogens with one attached hydrogen (secondary N) is 3. The third-order valence-corrected chi connectivity index (χ3v) is 10.1. The molecule has 36 heavy (non-hydrogen) atoms. The van der Waals surface area contributed by atoms with Gasteiger partial charge in [-0.2, -0.15) is 5.10 Å². The van der Waals surface area contributed by atoms with Crippen molar-refractivity contribution in [3.63, 3.8) is 0 Å². The van der Waals surface area contributed by atoms with Crippen LogP contribution < -0.4 is 20.7 Å². The van der Waals surface area contributed by atoms with E-state index in [0.29, 0.717) is 41.8 Å². The summed E-state index contributed by atoms with van der Waals surface area (Å²) in [7, 11) is 0. The second kappa shape index (κ2) is 11.4. The Balaban J connectivity index is 1.10. The van der Waals surface area contributed by atoms with Gasteiger partial charge < -0.3 is 20.7 Å². The molecule has 1 aromatic heterocycles. The molecule has 7 heteroatoms. The largest absolute Gasteiger partial charge is 0.477 e. The van der Waals surface area contributed by atoms with Crippen LogP contribution in [-0.2, 0) is 6.54 Å². The van der Waals surface area contributed by atoms with Crippen molar-refractivity contribution in [1.82, 2.24) is 25.7 Å². The van der Waals surface area contributed by atoms with Crippen molar-refractivity contribution >= 4 is 5.91 Å². The molecule has 3 N–H and O–H groups in total. The van der Waals surface area contributed by atoms with Crippen LogP contribution in [0.1, 0.15) is 87.4 Å². The summed E-state index contributed by atoms with van der Waals surface area (Å²) in [5.74, 6) is 5.24. The van der Waals surface area contributed by atoms with E-state index in [1.165, 1.54) is 77.0 Å². The molecule has 5 saturated carbocycles. The molecular weight excluding hydrogens is 450 g/mol. The molecule has 1 saturated heterocycles. The Morgan fingerprint density at radius 1 is 0.972 bits per heavy atom. The summed E-state index contributed by atoms with van der Waals surface area (Å²) in [5.41, 5.74) is 0.637. The fraction of sp³-hybridized carbons (Fsp3) is 0.862. The van der Waals surface area contributed by atoms with Crippen LogP contribution in [-0.4, -0.2) is 54.5 Å². The van der Waals surface area contributed by atoms with Crippen molar-refractivity contribution in [3.8, 4) is 5.88 Å². The molecule has 4 bridgehead atoms. The third-order valence-electron chi connectivity index (χ3n) is 10.1. The molecule has 0 aromatic carbocycles. The lowest BCUT2D eigenvalue weighted by atomic mass is 9.54.